The van der Waals surface area contributed by atoms with E-state index in [0.717, 1.165) is 43.5 Å². The average molecular weight is 1200 g/mol. The van der Waals surface area contributed by atoms with Gasteiger partial charge in [0, 0.05) is 51.9 Å². The van der Waals surface area contributed by atoms with Gasteiger partial charge in [-0.15, -0.1) is 0 Å². The molecule has 0 radical (unpaired) electrons. The second-order valence-electron chi connectivity index (χ2n) is 19.5. The number of halogens is 6. The number of alkyl halides is 3. The Morgan fingerprint density at radius 3 is 1.35 bits per heavy atom. The molecule has 9 aromatic rings. The van der Waals surface area contributed by atoms with Crippen molar-refractivity contribution in [3.8, 4) is 22.9 Å². The first kappa shape index (κ1) is 62.8. The molecule has 0 amide bonds. The van der Waals surface area contributed by atoms with E-state index in [1.165, 1.54) is 67.3 Å². The third kappa shape index (κ3) is 15.1. The van der Waals surface area contributed by atoms with Gasteiger partial charge < -0.3 is 23.1 Å². The summed E-state index contributed by atoms with van der Waals surface area (Å²) in [6.07, 6.45) is 3.61. The van der Waals surface area contributed by atoms with Crippen LogP contribution < -0.4 is 20.9 Å². The van der Waals surface area contributed by atoms with Gasteiger partial charge in [-0.3, -0.25) is 28.3 Å². The summed E-state index contributed by atoms with van der Waals surface area (Å²) in [7, 11) is -2.43. The number of hydrogen-bond donors (Lipinski definition) is 0. The molecule has 442 valence electrons. The summed E-state index contributed by atoms with van der Waals surface area (Å²) in [5.74, 6) is -4.44. The lowest BCUT2D eigenvalue weighted by atomic mass is 10.0. The molecule has 24 heteroatoms. The van der Waals surface area contributed by atoms with E-state index in [1.54, 1.807) is 65.4 Å². The number of unbranched alkanes of at least 4 members (excludes halogenated alkanes) is 1. The van der Waals surface area contributed by atoms with Crippen LogP contribution in [0.15, 0.2) is 166 Å². The molecule has 0 N–H and O–H groups in total. The van der Waals surface area contributed by atoms with E-state index >= 15 is 0 Å². The fourth-order valence-corrected chi connectivity index (χ4v) is 8.98. The van der Waals surface area contributed by atoms with Gasteiger partial charge >= 0.3 is 39.5 Å². The number of esters is 4. The van der Waals surface area contributed by atoms with E-state index in [0.29, 0.717) is 73.6 Å². The smallest absolute Gasteiger partial charge is 0.465 e. The van der Waals surface area contributed by atoms with E-state index in [-0.39, 0.29) is 51.3 Å². The highest BCUT2D eigenvalue weighted by molar-refractivity contribution is 7.88. The highest BCUT2D eigenvalue weighted by Gasteiger charge is 2.49. The zero-order chi connectivity index (χ0) is 62.1. The van der Waals surface area contributed by atoms with E-state index < -0.39 is 62.2 Å². The Balaban J connectivity index is 0.000000186. The monoisotopic (exact) mass is 1200 g/mol. The van der Waals surface area contributed by atoms with Crippen LogP contribution in [-0.2, 0) is 40.3 Å². The van der Waals surface area contributed by atoms with Crippen LogP contribution in [0.1, 0.15) is 76.8 Å². The molecular formula is C61H51F6N3O14S. The predicted octanol–water partition coefficient (Wildman–Crippen LogP) is 11.0. The van der Waals surface area contributed by atoms with Crippen molar-refractivity contribution in [3.05, 3.63) is 223 Å². The van der Waals surface area contributed by atoms with Crippen molar-refractivity contribution in [2.24, 2.45) is 0 Å². The lowest BCUT2D eigenvalue weighted by molar-refractivity contribution is -0.154. The van der Waals surface area contributed by atoms with Gasteiger partial charge in [0.15, 0.2) is 0 Å². The van der Waals surface area contributed by atoms with Crippen LogP contribution in [0.2, 0.25) is 0 Å². The van der Waals surface area contributed by atoms with Gasteiger partial charge in [0.2, 0.25) is 5.88 Å². The maximum Gasteiger partial charge on any atom is 0.534 e. The van der Waals surface area contributed by atoms with Gasteiger partial charge in [0.25, 0.3) is 16.7 Å². The van der Waals surface area contributed by atoms with Gasteiger partial charge in [-0.1, -0.05) is 0 Å². The molecule has 3 aromatic heterocycles. The summed E-state index contributed by atoms with van der Waals surface area (Å²) in [5, 5.41) is 2.02. The van der Waals surface area contributed by atoms with Crippen LogP contribution in [0.3, 0.4) is 0 Å². The summed E-state index contributed by atoms with van der Waals surface area (Å²) in [4.78, 5) is 85.9. The number of nitrogens with zero attached hydrogens (tertiary/aromatic N) is 3. The molecule has 0 atom stereocenters. The third-order valence-corrected chi connectivity index (χ3v) is 13.4. The molecule has 0 aliphatic rings. The zero-order valence-corrected chi connectivity index (χ0v) is 46.8. The summed E-state index contributed by atoms with van der Waals surface area (Å²) in [6.45, 7) is 5.47. The molecule has 0 aliphatic heterocycles. The SMILES string of the molecule is COC(=O)c1ccc2c(=O)n(-c3ccc(F)cc3)c(CCCCC(=O)OC(C)(C)C)cc2c1.COC(=O)c1ccc2c(=O)n(-c3ccc(F)cc3)c(OS(=O)(=O)C(F)(F)F)cc2c1.COC(=O)c1ccc2c(=O)n(-c3ccc(F)cc3)ccc2c1. The van der Waals surface area contributed by atoms with Gasteiger partial charge in [0.1, 0.15) is 23.1 Å². The number of ether oxygens (including phenoxy) is 4. The van der Waals surface area contributed by atoms with E-state index in [2.05, 4.69) is 13.7 Å². The summed E-state index contributed by atoms with van der Waals surface area (Å²) >= 11 is 0. The van der Waals surface area contributed by atoms with Crippen LogP contribution in [-0.4, -0.2) is 78.4 Å². The molecule has 9 rings (SSSR count). The Hall–Kier alpha value is -9.84. The quantitative estimate of drug-likeness (QED) is 0.0262. The molecule has 0 aliphatic carbocycles. The number of aryl methyl sites for hydroxylation is 1. The molecule has 0 saturated heterocycles. The fraction of sp³-hybridized carbons (Fsp3) is 0.197. The molecule has 0 fully saturated rings. The minimum Gasteiger partial charge on any atom is -0.465 e. The fourth-order valence-electron chi connectivity index (χ4n) is 8.53. The first-order valence-corrected chi connectivity index (χ1v) is 26.8. The molecule has 0 saturated carbocycles. The number of fused-ring (bicyclic) bond motifs is 3. The van der Waals surface area contributed by atoms with Crippen molar-refractivity contribution in [1.29, 1.82) is 0 Å². The van der Waals surface area contributed by atoms with E-state index in [9.17, 15) is 68.3 Å². The normalized spacial score (nSPS) is 11.4. The van der Waals surface area contributed by atoms with Crippen LogP contribution in [0.5, 0.6) is 5.88 Å². The molecule has 3 heterocycles. The standard InChI is InChI=1S/C26H28FNO5.C18H11F4NO6S.C17H12FNO3/c1-26(2,3)33-23(29)8-6-5-7-21-16-18-15-17(25(31)32-4)9-14-22(18)24(30)28(21)20-12-10-19(27)11-13-20;1-28-17(25)10-2-7-14-11(8-10)9-15(29-30(26,27)18(20,21)22)23(16(14)24)13-5-3-12(19)4-6-13;1-22-17(21)12-2-7-15-11(10-12)8-9-19(16(15)20)14-5-3-13(18)4-6-14/h9-16H,5-8H2,1-4H3;2-9H,1H3;2-10H,1H3. The number of rotatable bonds is 13. The largest absolute Gasteiger partial charge is 0.534 e. The number of aromatic nitrogens is 3. The second kappa shape index (κ2) is 26.2. The van der Waals surface area contributed by atoms with Crippen LogP contribution in [0.4, 0.5) is 26.3 Å². The minimum atomic E-state index is -6.13. The lowest BCUT2D eigenvalue weighted by Crippen LogP contribution is -2.31. The topological polar surface area (TPSA) is 215 Å². The van der Waals surface area contributed by atoms with Gasteiger partial charge in [-0.2, -0.15) is 21.6 Å². The Morgan fingerprint density at radius 2 is 0.906 bits per heavy atom. The maximum atomic E-state index is 13.5. The summed E-state index contributed by atoms with van der Waals surface area (Å²) < 4.78 is 128. The van der Waals surface area contributed by atoms with Crippen molar-refractivity contribution in [1.82, 2.24) is 13.7 Å². The van der Waals surface area contributed by atoms with Crippen molar-refractivity contribution in [3.63, 3.8) is 0 Å². The number of carbonyl (C=O) groups is 4. The number of carbonyl (C=O) groups excluding carboxylic acids is 4. The minimum absolute atomic E-state index is 0.0337. The molecular weight excluding hydrogens is 1140 g/mol. The first-order chi connectivity index (χ1) is 40.1. The predicted molar refractivity (Wildman–Crippen MR) is 302 cm³/mol. The van der Waals surface area contributed by atoms with Gasteiger partial charge in [0.05, 0.1) is 43.7 Å². The zero-order valence-electron chi connectivity index (χ0n) is 46.0. The van der Waals surface area contributed by atoms with Crippen molar-refractivity contribution < 1.29 is 77.1 Å². The van der Waals surface area contributed by atoms with Crippen molar-refractivity contribution in [2.45, 2.75) is 57.6 Å². The molecule has 17 nitrogen and oxygen atoms in total. The number of hydrogen-bond acceptors (Lipinski definition) is 14. The second-order valence-corrected chi connectivity index (χ2v) is 21.0. The molecule has 0 spiro atoms. The van der Waals surface area contributed by atoms with Crippen LogP contribution in [0, 0.1) is 17.5 Å². The van der Waals surface area contributed by atoms with E-state index in [1.807, 2.05) is 26.8 Å². The van der Waals surface area contributed by atoms with Crippen LogP contribution in [0.25, 0.3) is 49.4 Å². The number of pyridine rings is 3. The summed E-state index contributed by atoms with van der Waals surface area (Å²) in [6, 6.07) is 32.9. The molecule has 0 bridgehead atoms. The third-order valence-electron chi connectivity index (χ3n) is 12.5. The Labute approximate surface area is 479 Å². The Morgan fingerprint density at radius 1 is 0.494 bits per heavy atom. The highest BCUT2D eigenvalue weighted by Crippen LogP contribution is 2.30. The van der Waals surface area contributed by atoms with Crippen LogP contribution >= 0.6 is 0 Å². The number of methoxy groups -OCH3 is 3. The van der Waals surface area contributed by atoms with E-state index in [4.69, 9.17) is 9.47 Å². The maximum absolute atomic E-state index is 13.5. The highest BCUT2D eigenvalue weighted by atomic mass is 32.2. The van der Waals surface area contributed by atoms with Crippen molar-refractivity contribution >= 4 is 66.3 Å². The first-order valence-electron chi connectivity index (χ1n) is 25.4. The average Bonchev–Trinajstić information content (AvgIpc) is 1.25. The molecule has 6 aromatic carbocycles. The number of benzene rings is 6. The van der Waals surface area contributed by atoms with Gasteiger partial charge in [-0.05, 0) is 196 Å². The Kier molecular flexibility index (Phi) is 19.3. The Bertz CT molecular complexity index is 4310. The lowest BCUT2D eigenvalue weighted by Gasteiger charge is -2.19. The molecule has 0 unspecified atom stereocenters. The summed E-state index contributed by atoms with van der Waals surface area (Å²) in [5.41, 5.74) is -5.38. The van der Waals surface area contributed by atoms with Gasteiger partial charge in [-0.25, -0.2) is 32.1 Å². The molecule has 85 heavy (non-hydrogen) atoms. The van der Waals surface area contributed by atoms with Crippen molar-refractivity contribution in [2.75, 3.05) is 21.3 Å².